The van der Waals surface area contributed by atoms with E-state index in [2.05, 4.69) is 15.4 Å². The quantitative estimate of drug-likeness (QED) is 0.295. The number of sulfonamides is 2. The van der Waals surface area contributed by atoms with Gasteiger partial charge < -0.3 is 25.2 Å². The van der Waals surface area contributed by atoms with Crippen molar-refractivity contribution >= 4 is 31.6 Å². The molecule has 0 aromatic heterocycles. The van der Waals surface area contributed by atoms with Crippen LogP contribution in [-0.4, -0.2) is 89.8 Å². The number of rotatable bonds is 11. The first-order valence-corrected chi connectivity index (χ1v) is 15.9. The van der Waals surface area contributed by atoms with Crippen LogP contribution in [0, 0.1) is 0 Å². The minimum Gasteiger partial charge on any atom is -0.491 e. The number of anilines is 1. The highest BCUT2D eigenvalue weighted by Crippen LogP contribution is 2.37. The molecule has 0 radical (unpaired) electrons. The molecule has 2 atom stereocenters. The Morgan fingerprint density at radius 3 is 2.48 bits per heavy atom. The van der Waals surface area contributed by atoms with Crippen LogP contribution in [-0.2, 0) is 29.6 Å². The zero-order valence-corrected chi connectivity index (χ0v) is 24.1. The van der Waals surface area contributed by atoms with Gasteiger partial charge in [0.2, 0.25) is 26.0 Å². The van der Waals surface area contributed by atoms with Crippen LogP contribution in [0.1, 0.15) is 26.2 Å². The van der Waals surface area contributed by atoms with Crippen LogP contribution in [0.15, 0.2) is 58.3 Å². The monoisotopic (exact) mass is 596 g/mol. The van der Waals surface area contributed by atoms with Crippen molar-refractivity contribution in [2.24, 2.45) is 0 Å². The van der Waals surface area contributed by atoms with Gasteiger partial charge in [-0.3, -0.25) is 4.79 Å². The minimum absolute atomic E-state index is 0.00299. The normalized spacial score (nSPS) is 20.3. The van der Waals surface area contributed by atoms with Crippen LogP contribution in [0.3, 0.4) is 0 Å². The first kappa shape index (κ1) is 30.4. The molecule has 2 aliphatic heterocycles. The number of hydrogen-bond acceptors (Lipinski definition) is 9. The van der Waals surface area contributed by atoms with Gasteiger partial charge in [0.1, 0.15) is 18.5 Å². The van der Waals surface area contributed by atoms with E-state index in [0.717, 1.165) is 0 Å². The van der Waals surface area contributed by atoms with Crippen molar-refractivity contribution in [2.45, 2.75) is 53.7 Å². The molecule has 40 heavy (non-hydrogen) atoms. The summed E-state index contributed by atoms with van der Waals surface area (Å²) in [6.45, 7) is 2.75. The van der Waals surface area contributed by atoms with Gasteiger partial charge in [0, 0.05) is 44.4 Å². The maximum absolute atomic E-state index is 13.1. The molecular weight excluding hydrogens is 560 g/mol. The molecule has 1 unspecified atom stereocenters. The number of carbonyl (C=O) groups excluding carboxylic acids is 1. The van der Waals surface area contributed by atoms with Crippen molar-refractivity contribution in [3.8, 4) is 5.75 Å². The van der Waals surface area contributed by atoms with E-state index in [1.54, 1.807) is 24.3 Å². The number of carbonyl (C=O) groups is 1. The molecule has 2 fully saturated rings. The van der Waals surface area contributed by atoms with Gasteiger partial charge in [-0.25, -0.2) is 21.6 Å². The molecule has 14 heteroatoms. The van der Waals surface area contributed by atoms with E-state index in [0.29, 0.717) is 50.4 Å². The highest BCUT2D eigenvalue weighted by molar-refractivity contribution is 7.89. The smallest absolute Gasteiger partial charge is 0.243 e. The SMILES string of the molecule is CNS(=O)(=O)c1cccc(OC[C@@H](O)CNC2COC3(CCN(S(=O)(=O)c4ccc(NC(C)=O)cc4)CC3)C2)c1. The third-order valence-corrected chi connectivity index (χ3v) is 10.4. The topological polar surface area (TPSA) is 163 Å². The van der Waals surface area contributed by atoms with Crippen molar-refractivity contribution in [2.75, 3.05) is 45.2 Å². The highest BCUT2D eigenvalue weighted by Gasteiger charge is 2.44. The lowest BCUT2D eigenvalue weighted by Crippen LogP contribution is -2.47. The Morgan fingerprint density at radius 2 is 1.82 bits per heavy atom. The van der Waals surface area contributed by atoms with E-state index in [1.165, 1.54) is 42.5 Å². The second kappa shape index (κ2) is 12.5. The van der Waals surface area contributed by atoms with Crippen LogP contribution in [0.5, 0.6) is 5.75 Å². The lowest BCUT2D eigenvalue weighted by atomic mass is 9.88. The average molecular weight is 597 g/mol. The molecule has 2 aliphatic rings. The maximum Gasteiger partial charge on any atom is 0.243 e. The first-order chi connectivity index (χ1) is 18.9. The molecule has 0 saturated carbocycles. The van der Waals surface area contributed by atoms with Crippen LogP contribution in [0.2, 0.25) is 0 Å². The predicted molar refractivity (Wildman–Crippen MR) is 148 cm³/mol. The molecule has 4 N–H and O–H groups in total. The molecule has 2 aromatic rings. The summed E-state index contributed by atoms with van der Waals surface area (Å²) in [5.74, 6) is 0.110. The van der Waals surface area contributed by atoms with Crippen molar-refractivity contribution in [1.82, 2.24) is 14.3 Å². The van der Waals surface area contributed by atoms with E-state index in [-0.39, 0.29) is 34.9 Å². The summed E-state index contributed by atoms with van der Waals surface area (Å²) in [4.78, 5) is 11.5. The van der Waals surface area contributed by atoms with E-state index in [1.807, 2.05) is 0 Å². The number of nitrogens with one attached hydrogen (secondary N) is 3. The largest absolute Gasteiger partial charge is 0.491 e. The molecule has 1 spiro atoms. The Bertz CT molecular complexity index is 1390. The zero-order valence-electron chi connectivity index (χ0n) is 22.5. The van der Waals surface area contributed by atoms with Gasteiger partial charge in [-0.05, 0) is 62.7 Å². The molecule has 0 bridgehead atoms. The number of benzene rings is 2. The number of nitrogens with zero attached hydrogens (tertiary/aromatic N) is 1. The first-order valence-electron chi connectivity index (χ1n) is 13.0. The summed E-state index contributed by atoms with van der Waals surface area (Å²) in [6.07, 6.45) is 0.992. The van der Waals surface area contributed by atoms with Gasteiger partial charge in [-0.15, -0.1) is 0 Å². The van der Waals surface area contributed by atoms with E-state index in [9.17, 15) is 26.7 Å². The van der Waals surface area contributed by atoms with Gasteiger partial charge in [0.25, 0.3) is 0 Å². The number of hydrogen-bond donors (Lipinski definition) is 4. The van der Waals surface area contributed by atoms with E-state index >= 15 is 0 Å². The summed E-state index contributed by atoms with van der Waals surface area (Å²) < 4.78 is 65.6. The zero-order chi connectivity index (χ0) is 29.0. The van der Waals surface area contributed by atoms with Gasteiger partial charge >= 0.3 is 0 Å². The standard InChI is InChI=1S/C26H36N4O8S2/c1-19(31)29-20-6-8-24(9-7-20)40(35,36)30-12-10-26(11-13-30)15-21(17-38-26)28-16-22(32)18-37-23-4-3-5-25(14-23)39(33,34)27-2/h3-9,14,21-22,27-28,32H,10-13,15-18H2,1-2H3,(H,29,31)/t21?,22-/m0/s1. The second-order valence-corrected chi connectivity index (χ2v) is 13.9. The van der Waals surface area contributed by atoms with E-state index in [4.69, 9.17) is 9.47 Å². The van der Waals surface area contributed by atoms with Gasteiger partial charge in [0.15, 0.2) is 0 Å². The lowest BCUT2D eigenvalue weighted by molar-refractivity contribution is -0.114. The average Bonchev–Trinajstić information content (AvgIpc) is 3.33. The number of ether oxygens (including phenoxy) is 2. The molecule has 2 heterocycles. The third-order valence-electron chi connectivity index (χ3n) is 7.12. The van der Waals surface area contributed by atoms with Crippen molar-refractivity contribution in [1.29, 1.82) is 0 Å². The van der Waals surface area contributed by atoms with Crippen LogP contribution in [0.25, 0.3) is 0 Å². The molecule has 4 rings (SSSR count). The Hall–Kier alpha value is -2.59. The fourth-order valence-corrected chi connectivity index (χ4v) is 7.13. The van der Waals surface area contributed by atoms with E-state index < -0.39 is 31.8 Å². The van der Waals surface area contributed by atoms with Crippen LogP contribution >= 0.6 is 0 Å². The molecular formula is C26H36N4O8S2. The molecule has 2 saturated heterocycles. The Kier molecular flexibility index (Phi) is 9.50. The number of piperidine rings is 1. The molecule has 1 amide bonds. The van der Waals surface area contributed by atoms with Crippen LogP contribution in [0.4, 0.5) is 5.69 Å². The summed E-state index contributed by atoms with van der Waals surface area (Å²) in [5, 5.41) is 16.3. The lowest BCUT2D eigenvalue weighted by Gasteiger charge is -2.38. The second-order valence-electron chi connectivity index (χ2n) is 10.1. The Morgan fingerprint density at radius 1 is 1.12 bits per heavy atom. The molecule has 12 nitrogen and oxygen atoms in total. The third kappa shape index (κ3) is 7.37. The summed E-state index contributed by atoms with van der Waals surface area (Å²) in [7, 11) is -5.93. The number of aliphatic hydroxyl groups excluding tert-OH is 1. The summed E-state index contributed by atoms with van der Waals surface area (Å²) in [6, 6.07) is 12.2. The number of amides is 1. The molecule has 0 aliphatic carbocycles. The summed E-state index contributed by atoms with van der Waals surface area (Å²) in [5.41, 5.74) is 0.118. The van der Waals surface area contributed by atoms with Crippen molar-refractivity contribution in [3.63, 3.8) is 0 Å². The number of aliphatic hydroxyl groups is 1. The Balaban J connectivity index is 1.22. The summed E-state index contributed by atoms with van der Waals surface area (Å²) >= 11 is 0. The van der Waals surface area contributed by atoms with Crippen LogP contribution < -0.4 is 20.1 Å². The van der Waals surface area contributed by atoms with Gasteiger partial charge in [-0.2, -0.15) is 4.31 Å². The highest BCUT2D eigenvalue weighted by atomic mass is 32.2. The molecule has 220 valence electrons. The molecule has 2 aromatic carbocycles. The fourth-order valence-electron chi connectivity index (χ4n) is 4.92. The van der Waals surface area contributed by atoms with Gasteiger partial charge in [-0.1, -0.05) is 6.07 Å². The maximum atomic E-state index is 13.1. The minimum atomic E-state index is -3.66. The fraction of sp³-hybridized carbons (Fsp3) is 0.500. The van der Waals surface area contributed by atoms with Gasteiger partial charge in [0.05, 0.1) is 22.0 Å². The Labute approximate surface area is 235 Å². The predicted octanol–water partition coefficient (Wildman–Crippen LogP) is 0.895. The van der Waals surface area contributed by atoms with Crippen molar-refractivity contribution < 1.29 is 36.2 Å². The van der Waals surface area contributed by atoms with Crippen molar-refractivity contribution in [3.05, 3.63) is 48.5 Å².